The van der Waals surface area contributed by atoms with Crippen LogP contribution < -0.4 is 39.0 Å². The van der Waals surface area contributed by atoms with Crippen LogP contribution in [0.1, 0.15) is 280 Å². The summed E-state index contributed by atoms with van der Waals surface area (Å²) >= 11 is 0. The van der Waals surface area contributed by atoms with Crippen LogP contribution in [0.4, 0.5) is 0 Å². The molecule has 0 aliphatic heterocycles. The van der Waals surface area contributed by atoms with E-state index in [1.165, 1.54) is 205 Å². The van der Waals surface area contributed by atoms with E-state index in [9.17, 15) is 0 Å². The van der Waals surface area contributed by atoms with Gasteiger partial charge in [0.15, 0.2) is 24.8 Å². The molecule has 4 nitrogen and oxygen atoms in total. The van der Waals surface area contributed by atoms with Gasteiger partial charge in [-0.15, -0.1) is 0 Å². The molecule has 108 heavy (non-hydrogen) atoms. The van der Waals surface area contributed by atoms with Crippen molar-refractivity contribution in [3.05, 3.63) is 189 Å². The first-order valence-electron chi connectivity index (χ1n) is 43.2. The molecule has 4 aliphatic rings. The minimum absolute atomic E-state index is 0.174. The van der Waals surface area contributed by atoms with Gasteiger partial charge in [-0.1, -0.05) is 241 Å². The van der Waals surface area contributed by atoms with Crippen LogP contribution in [0.15, 0.2) is 122 Å². The minimum atomic E-state index is -1.38. The van der Waals surface area contributed by atoms with Crippen molar-refractivity contribution < 1.29 is 18.3 Å². The topological polar surface area (TPSA) is 15.5 Å². The van der Waals surface area contributed by atoms with E-state index in [1.807, 2.05) is 0 Å². The van der Waals surface area contributed by atoms with Crippen molar-refractivity contribution in [2.75, 3.05) is 0 Å². The van der Waals surface area contributed by atoms with Gasteiger partial charge in [-0.05, 0) is 236 Å². The Kier molecular flexibility index (Phi) is 28.8. The number of benzene rings is 4. The zero-order chi connectivity index (χ0) is 79.3. The molecule has 0 bridgehead atoms. The van der Waals surface area contributed by atoms with Gasteiger partial charge >= 0.3 is 0 Å². The van der Waals surface area contributed by atoms with Crippen molar-refractivity contribution in [3.63, 3.8) is 0 Å². The van der Waals surface area contributed by atoms with E-state index in [-0.39, 0.29) is 5.41 Å². The summed E-state index contributed by atoms with van der Waals surface area (Å²) in [6.07, 6.45) is 35.6. The molecule has 8 aromatic rings. The first-order chi connectivity index (χ1) is 50.6. The van der Waals surface area contributed by atoms with Crippen LogP contribution in [0.2, 0.25) is 78.6 Å². The molecule has 0 unspecified atom stereocenters. The van der Waals surface area contributed by atoms with Crippen LogP contribution >= 0.6 is 0 Å². The second-order valence-electron chi connectivity index (χ2n) is 40.3. The summed E-state index contributed by atoms with van der Waals surface area (Å²) in [5.41, 5.74) is 29.3. The molecule has 4 fully saturated rings. The Morgan fingerprint density at radius 2 is 0.620 bits per heavy atom. The minimum Gasteiger partial charge on any atom is -0.201 e. The van der Waals surface area contributed by atoms with Crippen molar-refractivity contribution in [2.24, 2.45) is 34.1 Å². The molecular formula is C100H152N4Si4+4. The van der Waals surface area contributed by atoms with Gasteiger partial charge in [0, 0.05) is 67.3 Å². The van der Waals surface area contributed by atoms with E-state index in [2.05, 4.69) is 337 Å². The van der Waals surface area contributed by atoms with Crippen molar-refractivity contribution in [1.29, 1.82) is 0 Å². The van der Waals surface area contributed by atoms with Gasteiger partial charge in [-0.25, -0.2) is 18.3 Å². The van der Waals surface area contributed by atoms with E-state index in [1.54, 1.807) is 43.0 Å². The summed E-state index contributed by atoms with van der Waals surface area (Å²) in [4.78, 5) is 0. The Balaban J connectivity index is 0.000000166. The maximum atomic E-state index is 2.57. The molecule has 8 heteroatoms. The lowest BCUT2D eigenvalue weighted by Crippen LogP contribution is -2.47. The van der Waals surface area contributed by atoms with Gasteiger partial charge in [0.2, 0.25) is 22.8 Å². The fraction of sp³-hybridized carbons (Fsp3) is 0.560. The summed E-state index contributed by atoms with van der Waals surface area (Å²) < 4.78 is 9.58. The van der Waals surface area contributed by atoms with E-state index in [0.29, 0.717) is 17.8 Å². The largest absolute Gasteiger partial charge is 0.212 e. The highest BCUT2D eigenvalue weighted by Crippen LogP contribution is 2.42. The summed E-state index contributed by atoms with van der Waals surface area (Å²) in [5.74, 6) is 4.99. The van der Waals surface area contributed by atoms with Crippen LogP contribution in [0.5, 0.6) is 0 Å². The highest BCUT2D eigenvalue weighted by Gasteiger charge is 2.37. The van der Waals surface area contributed by atoms with Gasteiger partial charge in [-0.3, -0.25) is 0 Å². The van der Waals surface area contributed by atoms with E-state index < -0.39 is 32.3 Å². The molecule has 0 spiro atoms. The van der Waals surface area contributed by atoms with Crippen LogP contribution in [-0.4, -0.2) is 32.3 Å². The lowest BCUT2D eigenvalue weighted by atomic mass is 9.84. The van der Waals surface area contributed by atoms with Gasteiger partial charge in [-0.2, -0.15) is 0 Å². The van der Waals surface area contributed by atoms with Crippen LogP contribution in [0.25, 0.3) is 45.0 Å². The molecule has 4 aromatic carbocycles. The molecule has 584 valence electrons. The molecule has 4 aromatic heterocycles. The SMILES string of the molecule is CCC(CC)c1ccc(C)c(-c2cc(C3CCCC3)c([Si](C)(C)C)c[n+]2C)c1.Cc1ccc(C(C)(C)C)cc1-c1cc(C2CCCC2)c([Si](C)(C)C)c[n+]1C.Cc1ccc(C(C)C)cc1-c1cc(C2CCCC2)c([Si](C)(C)C)c[n+]1C.Cc1ccc(CC(C)C)cc1-c1cc(C2CCCC2)c([Si](C)(C)C)c[n+]1C. The Bertz CT molecular complexity index is 4370. The monoisotopic (exact) mass is 1520 g/mol. The molecule has 4 saturated carbocycles. The van der Waals surface area contributed by atoms with Gasteiger partial charge in [0.25, 0.3) is 0 Å². The maximum absolute atomic E-state index is 2.57. The Hall–Kier alpha value is -5.65. The van der Waals surface area contributed by atoms with Gasteiger partial charge in [0.1, 0.15) is 28.2 Å². The van der Waals surface area contributed by atoms with Crippen molar-refractivity contribution in [2.45, 2.75) is 331 Å². The molecule has 0 saturated heterocycles. The normalized spacial score (nSPS) is 15.8. The summed E-state index contributed by atoms with van der Waals surface area (Å²) in [7, 11) is 3.48. The Morgan fingerprint density at radius 1 is 0.352 bits per heavy atom. The van der Waals surface area contributed by atoms with E-state index >= 15 is 0 Å². The summed E-state index contributed by atoms with van der Waals surface area (Å²) in [6, 6.07) is 38.5. The fourth-order valence-electron chi connectivity index (χ4n) is 18.6. The lowest BCUT2D eigenvalue weighted by molar-refractivity contribution is -0.659. The molecule has 0 atom stereocenters. The number of aromatic nitrogens is 4. The molecule has 4 aliphatic carbocycles. The summed E-state index contributed by atoms with van der Waals surface area (Å²) in [5, 5.41) is 6.65. The second-order valence-corrected chi connectivity index (χ2v) is 60.5. The zero-order valence-electron chi connectivity index (χ0n) is 74.3. The molecule has 4 heterocycles. The standard InChI is InChI=1S/C26H40NSi.2C25H38NSi.C24H36NSi/c1-8-20(9-2)22-15-14-19(3)23(16-22)25-17-24(21-12-10-11-13-21)26(18-27(25)4)28(5,6)7;1-18-13-14-20(25(2,3)4)15-21(18)23-16-22(19-11-9-10-12-19)24(17-26(23)5)27(6,7)8;1-18(2)14-20-13-12-19(3)22(15-20)24-16-23(21-10-8-9-11-21)25(17-26(24)4)27(5,6)7;1-17(2)20-13-12-18(3)21(14-20)23-15-22(19-10-8-9-11-19)24(16-25(23)4)26(5,6)7/h14-18,20-21H,8-13H2,1-7H3;13-17,19H,9-12H2,1-8H3;12-13,15-18,21H,8-11,14H2,1-7H3;12-17,19H,8-11H2,1-7H3/q4*+1. The highest BCUT2D eigenvalue weighted by atomic mass is 28.3. The van der Waals surface area contributed by atoms with E-state index in [0.717, 1.165) is 30.1 Å². The number of nitrogens with zero attached hydrogens (tertiary/aromatic N) is 4. The maximum Gasteiger partial charge on any atom is 0.212 e. The first-order valence-corrected chi connectivity index (χ1v) is 57.2. The molecular weight excluding hydrogens is 1370 g/mol. The Morgan fingerprint density at radius 3 is 0.898 bits per heavy atom. The third-order valence-electron chi connectivity index (χ3n) is 25.4. The molecule has 0 radical (unpaired) electrons. The van der Waals surface area contributed by atoms with Crippen molar-refractivity contribution in [1.82, 2.24) is 0 Å². The first kappa shape index (κ1) is 86.3. The molecule has 12 rings (SSSR count). The molecule has 0 N–H and O–H groups in total. The number of pyridine rings is 4. The lowest BCUT2D eigenvalue weighted by Gasteiger charge is -2.24. The van der Waals surface area contributed by atoms with Gasteiger partial charge in [0.05, 0.1) is 32.3 Å². The number of hydrogen-bond donors (Lipinski definition) is 0. The van der Waals surface area contributed by atoms with E-state index in [4.69, 9.17) is 0 Å². The fourth-order valence-corrected chi connectivity index (χ4v) is 25.5. The van der Waals surface area contributed by atoms with Crippen LogP contribution in [-0.2, 0) is 40.0 Å². The van der Waals surface area contributed by atoms with Crippen molar-refractivity contribution in [3.8, 4) is 45.0 Å². The third kappa shape index (κ3) is 21.2. The van der Waals surface area contributed by atoms with Crippen molar-refractivity contribution >= 4 is 53.0 Å². The summed E-state index contributed by atoms with van der Waals surface area (Å²) in [6.45, 7) is 59.7. The van der Waals surface area contributed by atoms with Crippen LogP contribution in [0, 0.1) is 33.6 Å². The second kappa shape index (κ2) is 36.0. The number of aryl methyl sites for hydroxylation is 8. The van der Waals surface area contributed by atoms with Gasteiger partial charge < -0.3 is 0 Å². The van der Waals surface area contributed by atoms with Crippen LogP contribution in [0.3, 0.4) is 0 Å². The number of hydrogen-bond acceptors (Lipinski definition) is 0. The Labute approximate surface area is 666 Å². The predicted molar refractivity (Wildman–Crippen MR) is 483 cm³/mol. The average molecular weight is 1520 g/mol. The molecule has 0 amide bonds. The third-order valence-corrected chi connectivity index (χ3v) is 33.6. The quantitative estimate of drug-likeness (QED) is 0.0601. The predicted octanol–water partition coefficient (Wildman–Crippen LogP) is 24.3. The average Bonchev–Trinajstić information content (AvgIpc) is 1.20. The number of rotatable bonds is 18. The highest BCUT2D eigenvalue weighted by molar-refractivity contribution is 6.90. The zero-order valence-corrected chi connectivity index (χ0v) is 78.3. The smallest absolute Gasteiger partial charge is 0.201 e.